The minimum Gasteiger partial charge on any atom is -0.366 e. The molecule has 2 aromatic carbocycles. The van der Waals surface area contributed by atoms with Crippen LogP contribution in [0.1, 0.15) is 19.8 Å². The van der Waals surface area contributed by atoms with Gasteiger partial charge in [-0.25, -0.2) is 18.7 Å². The fraction of sp³-hybridized carbons (Fsp3) is 0.333. The number of halogens is 2. The first-order valence-corrected chi connectivity index (χ1v) is 10.6. The SMILES string of the molecule is CSc1nc(Nc2ccccc2)c2cc(F)c(N3CCCC(C)C3)c(F)c2n1. The number of thioether (sulfide) groups is 1. The van der Waals surface area contributed by atoms with Crippen molar-refractivity contribution >= 4 is 39.9 Å². The largest absolute Gasteiger partial charge is 0.366 e. The van der Waals surface area contributed by atoms with Gasteiger partial charge in [-0.3, -0.25) is 0 Å². The molecule has 1 aliphatic heterocycles. The molecule has 4 nitrogen and oxygen atoms in total. The molecule has 0 amide bonds. The molecule has 2 heterocycles. The summed E-state index contributed by atoms with van der Waals surface area (Å²) in [4.78, 5) is 10.6. The van der Waals surface area contributed by atoms with E-state index in [1.54, 1.807) is 0 Å². The first-order chi connectivity index (χ1) is 13.6. The standard InChI is InChI=1S/C21H22F2N4S/c1-13-7-6-10-27(12-13)19-16(22)11-15-18(17(19)23)25-21(28-2)26-20(15)24-14-8-4-3-5-9-14/h3-5,8-9,11,13H,6-7,10,12H2,1-2H3,(H,24,25,26). The fourth-order valence-corrected chi connectivity index (χ4v) is 4.06. The van der Waals surface area contributed by atoms with Crippen molar-refractivity contribution in [3.8, 4) is 0 Å². The van der Waals surface area contributed by atoms with Crippen LogP contribution in [0, 0.1) is 17.6 Å². The number of hydrogen-bond donors (Lipinski definition) is 1. The highest BCUT2D eigenvalue weighted by molar-refractivity contribution is 7.98. The van der Waals surface area contributed by atoms with E-state index in [1.807, 2.05) is 41.5 Å². The van der Waals surface area contributed by atoms with Crippen LogP contribution in [0.25, 0.3) is 10.9 Å². The molecule has 4 rings (SSSR count). The Balaban J connectivity index is 1.85. The summed E-state index contributed by atoms with van der Waals surface area (Å²) in [6.07, 6.45) is 3.85. The van der Waals surface area contributed by atoms with Crippen molar-refractivity contribution in [2.45, 2.75) is 24.9 Å². The van der Waals surface area contributed by atoms with Crippen molar-refractivity contribution in [2.75, 3.05) is 29.6 Å². The van der Waals surface area contributed by atoms with Crippen LogP contribution < -0.4 is 10.2 Å². The predicted octanol–water partition coefficient (Wildman–Crippen LogP) is 5.61. The van der Waals surface area contributed by atoms with E-state index in [0.717, 1.165) is 18.5 Å². The van der Waals surface area contributed by atoms with Crippen molar-refractivity contribution in [1.29, 1.82) is 0 Å². The highest BCUT2D eigenvalue weighted by Crippen LogP contribution is 2.36. The van der Waals surface area contributed by atoms with Crippen LogP contribution in [0.2, 0.25) is 0 Å². The van der Waals surface area contributed by atoms with Crippen LogP contribution in [0.5, 0.6) is 0 Å². The van der Waals surface area contributed by atoms with Gasteiger partial charge in [0, 0.05) is 24.2 Å². The van der Waals surface area contributed by atoms with Crippen LogP contribution in [0.15, 0.2) is 41.6 Å². The Bertz CT molecular complexity index is 997. The summed E-state index contributed by atoms with van der Waals surface area (Å²) >= 11 is 1.33. The number of nitrogens with one attached hydrogen (secondary N) is 1. The molecule has 7 heteroatoms. The maximum atomic E-state index is 15.5. The maximum absolute atomic E-state index is 15.5. The average molecular weight is 400 g/mol. The van der Waals surface area contributed by atoms with Gasteiger partial charge >= 0.3 is 0 Å². The normalized spacial score (nSPS) is 17.1. The van der Waals surface area contributed by atoms with E-state index in [-0.39, 0.29) is 11.2 Å². The van der Waals surface area contributed by atoms with Crippen LogP contribution >= 0.6 is 11.8 Å². The van der Waals surface area contributed by atoms with Gasteiger partial charge in [-0.1, -0.05) is 36.9 Å². The molecule has 1 saturated heterocycles. The topological polar surface area (TPSA) is 41.1 Å². The van der Waals surface area contributed by atoms with E-state index < -0.39 is 11.6 Å². The number of hydrogen-bond acceptors (Lipinski definition) is 5. The Morgan fingerprint density at radius 1 is 1.18 bits per heavy atom. The molecule has 1 atom stereocenters. The van der Waals surface area contributed by atoms with E-state index in [9.17, 15) is 0 Å². The van der Waals surface area contributed by atoms with E-state index in [1.165, 1.54) is 17.8 Å². The number of anilines is 3. The van der Waals surface area contributed by atoms with Gasteiger partial charge in [0.15, 0.2) is 11.0 Å². The second-order valence-corrected chi connectivity index (χ2v) is 7.93. The van der Waals surface area contributed by atoms with Gasteiger partial charge in [-0.2, -0.15) is 0 Å². The highest BCUT2D eigenvalue weighted by Gasteiger charge is 2.26. The lowest BCUT2D eigenvalue weighted by molar-refractivity contribution is 0.436. The van der Waals surface area contributed by atoms with Gasteiger partial charge in [0.2, 0.25) is 0 Å². The van der Waals surface area contributed by atoms with Crippen molar-refractivity contribution in [2.24, 2.45) is 5.92 Å². The maximum Gasteiger partial charge on any atom is 0.189 e. The summed E-state index contributed by atoms with van der Waals surface area (Å²) in [6.45, 7) is 3.41. The molecule has 3 aromatic rings. The third kappa shape index (κ3) is 3.63. The zero-order valence-corrected chi connectivity index (χ0v) is 16.7. The number of para-hydroxylation sites is 1. The Morgan fingerprint density at radius 3 is 2.68 bits per heavy atom. The van der Waals surface area contributed by atoms with Crippen molar-refractivity contribution < 1.29 is 8.78 Å². The predicted molar refractivity (Wildman–Crippen MR) is 112 cm³/mol. The number of fused-ring (bicyclic) bond motifs is 1. The van der Waals surface area contributed by atoms with Crippen LogP contribution in [0.3, 0.4) is 0 Å². The first kappa shape index (κ1) is 18.9. The molecule has 0 aliphatic carbocycles. The summed E-state index contributed by atoms with van der Waals surface area (Å²) in [6, 6.07) is 10.8. The molecule has 1 aromatic heterocycles. The zero-order chi connectivity index (χ0) is 19.7. The molecule has 1 aliphatic rings. The summed E-state index contributed by atoms with van der Waals surface area (Å²) in [7, 11) is 0. The van der Waals surface area contributed by atoms with Crippen LogP contribution in [-0.4, -0.2) is 29.3 Å². The lowest BCUT2D eigenvalue weighted by Crippen LogP contribution is -2.35. The van der Waals surface area contributed by atoms with Crippen LogP contribution in [-0.2, 0) is 0 Å². The number of piperidine rings is 1. The Labute approximate surface area is 167 Å². The van der Waals surface area contributed by atoms with E-state index in [2.05, 4.69) is 22.2 Å². The van der Waals surface area contributed by atoms with Crippen LogP contribution in [0.4, 0.5) is 26.0 Å². The molecular weight excluding hydrogens is 378 g/mol. The van der Waals surface area contributed by atoms with Crippen molar-refractivity contribution in [3.63, 3.8) is 0 Å². The Hall–Kier alpha value is -2.41. The van der Waals surface area contributed by atoms with Gasteiger partial charge in [0.1, 0.15) is 22.8 Å². The number of rotatable bonds is 4. The number of nitrogens with zero attached hydrogens (tertiary/aromatic N) is 3. The third-order valence-corrected chi connectivity index (χ3v) is 5.58. The van der Waals surface area contributed by atoms with Gasteiger partial charge in [0.25, 0.3) is 0 Å². The highest BCUT2D eigenvalue weighted by atomic mass is 32.2. The fourth-order valence-electron chi connectivity index (χ4n) is 3.69. The lowest BCUT2D eigenvalue weighted by Gasteiger charge is -2.33. The summed E-state index contributed by atoms with van der Waals surface area (Å²) in [5, 5.41) is 3.95. The third-order valence-electron chi connectivity index (χ3n) is 5.03. The smallest absolute Gasteiger partial charge is 0.189 e. The molecule has 0 saturated carbocycles. The van der Waals surface area contributed by atoms with Gasteiger partial charge < -0.3 is 10.2 Å². The first-order valence-electron chi connectivity index (χ1n) is 9.37. The molecule has 0 bridgehead atoms. The minimum absolute atomic E-state index is 0.0236. The molecule has 146 valence electrons. The lowest BCUT2D eigenvalue weighted by atomic mass is 9.99. The molecule has 28 heavy (non-hydrogen) atoms. The molecule has 1 unspecified atom stereocenters. The van der Waals surface area contributed by atoms with E-state index in [4.69, 9.17) is 0 Å². The quantitative estimate of drug-likeness (QED) is 0.455. The molecule has 1 N–H and O–H groups in total. The number of aromatic nitrogens is 2. The second-order valence-electron chi connectivity index (χ2n) is 7.16. The Morgan fingerprint density at radius 2 is 1.96 bits per heavy atom. The van der Waals surface area contributed by atoms with Gasteiger partial charge in [-0.15, -0.1) is 0 Å². The average Bonchev–Trinajstić information content (AvgIpc) is 2.69. The summed E-state index contributed by atoms with van der Waals surface area (Å²) in [5.41, 5.74) is 0.965. The van der Waals surface area contributed by atoms with Gasteiger partial charge in [0.05, 0.1) is 0 Å². The van der Waals surface area contributed by atoms with Crippen molar-refractivity contribution in [1.82, 2.24) is 9.97 Å². The van der Waals surface area contributed by atoms with E-state index in [0.29, 0.717) is 35.4 Å². The van der Waals surface area contributed by atoms with E-state index >= 15 is 8.78 Å². The summed E-state index contributed by atoms with van der Waals surface area (Å²) < 4.78 is 30.5. The minimum atomic E-state index is -0.613. The Kier molecular flexibility index (Phi) is 5.35. The zero-order valence-electron chi connectivity index (χ0n) is 15.9. The number of benzene rings is 2. The molecule has 0 spiro atoms. The summed E-state index contributed by atoms with van der Waals surface area (Å²) in [5.74, 6) is -0.378. The molecule has 0 radical (unpaired) electrons. The monoisotopic (exact) mass is 400 g/mol. The second kappa shape index (κ2) is 7.91. The molecular formula is C21H22F2N4S. The van der Waals surface area contributed by atoms with Crippen molar-refractivity contribution in [3.05, 3.63) is 48.0 Å². The van der Waals surface area contributed by atoms with Gasteiger partial charge in [-0.05, 0) is 43.2 Å². The molecule has 1 fully saturated rings.